The summed E-state index contributed by atoms with van der Waals surface area (Å²) in [5.74, 6) is 0.650. The van der Waals surface area contributed by atoms with Crippen LogP contribution in [0.5, 0.6) is 5.75 Å². The van der Waals surface area contributed by atoms with Crippen LogP contribution < -0.4 is 4.74 Å². The lowest BCUT2D eigenvalue weighted by molar-refractivity contribution is 0.0709. The normalized spacial score (nSPS) is 16.0. The summed E-state index contributed by atoms with van der Waals surface area (Å²) >= 11 is 0. The van der Waals surface area contributed by atoms with E-state index in [1.165, 1.54) is 5.56 Å². The highest BCUT2D eigenvalue weighted by Gasteiger charge is 2.35. The molecule has 0 unspecified atom stereocenters. The molecule has 0 aliphatic carbocycles. The van der Waals surface area contributed by atoms with E-state index < -0.39 is 0 Å². The van der Waals surface area contributed by atoms with Crippen LogP contribution in [0.4, 0.5) is 0 Å². The van der Waals surface area contributed by atoms with Gasteiger partial charge < -0.3 is 4.74 Å². The standard InChI is InChI=1S/C24H22N2O2/c1-17-12-14-18(15-13-17)21-16-22(20-10-6-7-11-23(20)28-2)26(25-21)24(27)19-8-4-3-5-9-19/h3-15,22H,16H2,1-2H3/t22-/m1/s1. The first-order chi connectivity index (χ1) is 13.7. The Kier molecular flexibility index (Phi) is 4.94. The van der Waals surface area contributed by atoms with Crippen LogP contribution in [0.1, 0.15) is 39.5 Å². The molecule has 1 atom stereocenters. The number of aryl methyl sites for hydroxylation is 1. The average Bonchev–Trinajstić information content (AvgIpc) is 3.19. The summed E-state index contributed by atoms with van der Waals surface area (Å²) in [7, 11) is 1.65. The highest BCUT2D eigenvalue weighted by molar-refractivity contribution is 6.05. The Labute approximate surface area is 165 Å². The van der Waals surface area contributed by atoms with Crippen molar-refractivity contribution in [3.63, 3.8) is 0 Å². The molecule has 0 N–H and O–H groups in total. The second kappa shape index (κ2) is 7.69. The number of carbonyl (C=O) groups excluding carboxylic acids is 1. The topological polar surface area (TPSA) is 41.9 Å². The average molecular weight is 370 g/mol. The van der Waals surface area contributed by atoms with Gasteiger partial charge in [0.15, 0.2) is 0 Å². The summed E-state index contributed by atoms with van der Waals surface area (Å²) < 4.78 is 5.56. The third kappa shape index (κ3) is 3.41. The fourth-order valence-corrected chi connectivity index (χ4v) is 3.52. The van der Waals surface area contributed by atoms with Crippen LogP contribution in [0, 0.1) is 6.92 Å². The maximum Gasteiger partial charge on any atom is 0.274 e. The molecule has 0 saturated heterocycles. The number of benzene rings is 3. The lowest BCUT2D eigenvalue weighted by atomic mass is 9.97. The number of ether oxygens (including phenoxy) is 1. The van der Waals surface area contributed by atoms with Crippen LogP contribution in [-0.2, 0) is 0 Å². The van der Waals surface area contributed by atoms with Gasteiger partial charge in [0.25, 0.3) is 5.91 Å². The van der Waals surface area contributed by atoms with E-state index in [0.717, 1.165) is 22.6 Å². The number of hydrazone groups is 1. The lowest BCUT2D eigenvalue weighted by Crippen LogP contribution is -2.27. The minimum atomic E-state index is -0.208. The molecule has 140 valence electrons. The van der Waals surface area contributed by atoms with E-state index in [0.29, 0.717) is 12.0 Å². The van der Waals surface area contributed by atoms with Crippen molar-refractivity contribution in [2.24, 2.45) is 5.10 Å². The SMILES string of the molecule is COc1ccccc1[C@H]1CC(c2ccc(C)cc2)=NN1C(=O)c1ccccc1. The maximum atomic E-state index is 13.2. The molecule has 3 aromatic carbocycles. The molecule has 3 aromatic rings. The van der Waals surface area contributed by atoms with E-state index in [2.05, 4.69) is 31.2 Å². The van der Waals surface area contributed by atoms with E-state index in [1.807, 2.05) is 54.6 Å². The van der Waals surface area contributed by atoms with E-state index in [1.54, 1.807) is 12.1 Å². The number of para-hydroxylation sites is 1. The van der Waals surface area contributed by atoms with Gasteiger partial charge in [-0.1, -0.05) is 66.2 Å². The Balaban J connectivity index is 1.76. The van der Waals surface area contributed by atoms with Gasteiger partial charge in [-0.25, -0.2) is 5.01 Å². The molecule has 28 heavy (non-hydrogen) atoms. The second-order valence-electron chi connectivity index (χ2n) is 6.89. The van der Waals surface area contributed by atoms with E-state index >= 15 is 0 Å². The molecule has 4 nitrogen and oxygen atoms in total. The number of hydrogen-bond donors (Lipinski definition) is 0. The van der Waals surface area contributed by atoms with Crippen molar-refractivity contribution in [1.29, 1.82) is 0 Å². The molecule has 1 amide bonds. The van der Waals surface area contributed by atoms with Gasteiger partial charge in [-0.2, -0.15) is 5.10 Å². The Bertz CT molecular complexity index is 1010. The van der Waals surface area contributed by atoms with Gasteiger partial charge in [0.05, 0.1) is 18.9 Å². The third-order valence-corrected chi connectivity index (χ3v) is 5.02. The zero-order valence-corrected chi connectivity index (χ0v) is 16.0. The molecular formula is C24H22N2O2. The number of hydrogen-bond acceptors (Lipinski definition) is 3. The number of amides is 1. The van der Waals surface area contributed by atoms with Gasteiger partial charge >= 0.3 is 0 Å². The highest BCUT2D eigenvalue weighted by Crippen LogP contribution is 2.38. The first-order valence-electron chi connectivity index (χ1n) is 9.33. The monoisotopic (exact) mass is 370 g/mol. The highest BCUT2D eigenvalue weighted by atomic mass is 16.5. The van der Waals surface area contributed by atoms with Gasteiger partial charge in [0, 0.05) is 17.5 Å². The first kappa shape index (κ1) is 18.0. The van der Waals surface area contributed by atoms with Crippen molar-refractivity contribution < 1.29 is 9.53 Å². The molecule has 4 heteroatoms. The number of rotatable bonds is 4. The molecule has 1 heterocycles. The minimum Gasteiger partial charge on any atom is -0.496 e. The van der Waals surface area contributed by atoms with Crippen molar-refractivity contribution in [3.05, 3.63) is 101 Å². The van der Waals surface area contributed by atoms with E-state index in [9.17, 15) is 4.79 Å². The predicted octanol–water partition coefficient (Wildman–Crippen LogP) is 5.00. The van der Waals surface area contributed by atoms with Crippen molar-refractivity contribution >= 4 is 11.6 Å². The molecule has 0 aromatic heterocycles. The molecule has 1 aliphatic rings. The second-order valence-corrected chi connectivity index (χ2v) is 6.89. The summed E-state index contributed by atoms with van der Waals surface area (Å²) in [6.45, 7) is 2.06. The largest absolute Gasteiger partial charge is 0.496 e. The Morgan fingerprint density at radius 3 is 2.36 bits per heavy atom. The fraction of sp³-hybridized carbons (Fsp3) is 0.167. The summed E-state index contributed by atoms with van der Waals surface area (Å²) in [4.78, 5) is 13.2. The summed E-state index contributed by atoms with van der Waals surface area (Å²) in [6, 6.07) is 25.1. The van der Waals surface area contributed by atoms with Crippen molar-refractivity contribution in [2.75, 3.05) is 7.11 Å². The molecular weight excluding hydrogens is 348 g/mol. The summed E-state index contributed by atoms with van der Waals surface area (Å²) in [5, 5.41) is 6.34. The van der Waals surface area contributed by atoms with Crippen molar-refractivity contribution in [2.45, 2.75) is 19.4 Å². The number of carbonyl (C=O) groups is 1. The van der Waals surface area contributed by atoms with Gasteiger partial charge in [-0.3, -0.25) is 4.79 Å². The summed E-state index contributed by atoms with van der Waals surface area (Å²) in [5.41, 5.74) is 4.71. The van der Waals surface area contributed by atoms with Gasteiger partial charge in [-0.05, 0) is 30.7 Å². The third-order valence-electron chi connectivity index (χ3n) is 5.02. The van der Waals surface area contributed by atoms with Crippen LogP contribution >= 0.6 is 0 Å². The predicted molar refractivity (Wildman–Crippen MR) is 111 cm³/mol. The van der Waals surface area contributed by atoms with E-state index in [4.69, 9.17) is 9.84 Å². The Morgan fingerprint density at radius 1 is 0.964 bits per heavy atom. The Hall–Kier alpha value is -3.40. The van der Waals surface area contributed by atoms with Crippen molar-refractivity contribution in [1.82, 2.24) is 5.01 Å². The Morgan fingerprint density at radius 2 is 1.64 bits per heavy atom. The van der Waals surface area contributed by atoms with Crippen LogP contribution in [0.2, 0.25) is 0 Å². The first-order valence-corrected chi connectivity index (χ1v) is 9.33. The van der Waals surface area contributed by atoms with Gasteiger partial charge in [-0.15, -0.1) is 0 Å². The number of nitrogens with zero attached hydrogens (tertiary/aromatic N) is 2. The minimum absolute atomic E-state index is 0.112. The smallest absolute Gasteiger partial charge is 0.274 e. The maximum absolute atomic E-state index is 13.2. The zero-order valence-electron chi connectivity index (χ0n) is 16.0. The molecule has 0 bridgehead atoms. The lowest BCUT2D eigenvalue weighted by Gasteiger charge is -2.23. The van der Waals surface area contributed by atoms with Crippen LogP contribution in [0.3, 0.4) is 0 Å². The molecule has 0 saturated carbocycles. The van der Waals surface area contributed by atoms with Crippen LogP contribution in [-0.4, -0.2) is 23.7 Å². The van der Waals surface area contributed by atoms with Crippen LogP contribution in [0.25, 0.3) is 0 Å². The van der Waals surface area contributed by atoms with Crippen LogP contribution in [0.15, 0.2) is 84.0 Å². The fourth-order valence-electron chi connectivity index (χ4n) is 3.52. The molecule has 4 rings (SSSR count). The number of methoxy groups -OCH3 is 1. The van der Waals surface area contributed by atoms with Gasteiger partial charge in [0.2, 0.25) is 0 Å². The quantitative estimate of drug-likeness (QED) is 0.649. The zero-order chi connectivity index (χ0) is 19.5. The molecule has 1 aliphatic heterocycles. The van der Waals surface area contributed by atoms with Gasteiger partial charge in [0.1, 0.15) is 5.75 Å². The van der Waals surface area contributed by atoms with E-state index in [-0.39, 0.29) is 11.9 Å². The molecule has 0 radical (unpaired) electrons. The van der Waals surface area contributed by atoms with Crippen molar-refractivity contribution in [3.8, 4) is 5.75 Å². The summed E-state index contributed by atoms with van der Waals surface area (Å²) in [6.07, 6.45) is 0.641. The molecule has 0 spiro atoms. The molecule has 0 fully saturated rings.